The smallest absolute Gasteiger partial charge is 0.274 e. The van der Waals surface area contributed by atoms with Crippen LogP contribution in [0.2, 0.25) is 0 Å². The van der Waals surface area contributed by atoms with Crippen LogP contribution in [-0.4, -0.2) is 18.4 Å². The lowest BCUT2D eigenvalue weighted by molar-refractivity contribution is -0.114. The summed E-state index contributed by atoms with van der Waals surface area (Å²) < 4.78 is 0. The van der Waals surface area contributed by atoms with Gasteiger partial charge >= 0.3 is 0 Å². The number of amides is 2. The van der Waals surface area contributed by atoms with Crippen molar-refractivity contribution in [3.8, 4) is 0 Å². The molecule has 98 valence electrons. The average molecular weight is 250 g/mol. The molecule has 5 heteroatoms. The van der Waals surface area contributed by atoms with E-state index >= 15 is 0 Å². The molecule has 1 aromatic carbocycles. The molecule has 0 aliphatic heterocycles. The first-order chi connectivity index (χ1) is 8.49. The highest BCUT2D eigenvalue weighted by molar-refractivity contribution is 5.94. The molecule has 0 atom stereocenters. The van der Waals surface area contributed by atoms with Gasteiger partial charge in [-0.25, -0.2) is 5.48 Å². The van der Waals surface area contributed by atoms with Gasteiger partial charge in [-0.1, -0.05) is 13.8 Å². The topological polar surface area (TPSA) is 67.4 Å². The monoisotopic (exact) mass is 250 g/mol. The first kappa shape index (κ1) is 14.2. The second kappa shape index (κ2) is 6.76. The van der Waals surface area contributed by atoms with Gasteiger partial charge in [0.15, 0.2) is 0 Å². The molecule has 0 heterocycles. The van der Waals surface area contributed by atoms with Gasteiger partial charge in [0, 0.05) is 18.2 Å². The molecule has 18 heavy (non-hydrogen) atoms. The number of benzene rings is 1. The van der Waals surface area contributed by atoms with E-state index in [1.54, 1.807) is 24.3 Å². The SMILES string of the molecule is CC(=O)Nc1ccc(C(=O)NOCC(C)C)cc1. The quantitative estimate of drug-likeness (QED) is 0.785. The first-order valence-electron chi connectivity index (χ1n) is 5.79. The van der Waals surface area contributed by atoms with Gasteiger partial charge in [0.2, 0.25) is 5.91 Å². The van der Waals surface area contributed by atoms with Crippen LogP contribution in [0.3, 0.4) is 0 Å². The van der Waals surface area contributed by atoms with Crippen LogP contribution >= 0.6 is 0 Å². The number of hydrogen-bond acceptors (Lipinski definition) is 3. The molecule has 0 unspecified atom stereocenters. The fourth-order valence-corrected chi connectivity index (χ4v) is 1.24. The Bertz CT molecular complexity index is 413. The van der Waals surface area contributed by atoms with E-state index in [2.05, 4.69) is 10.8 Å². The number of rotatable bonds is 5. The van der Waals surface area contributed by atoms with E-state index in [-0.39, 0.29) is 11.8 Å². The highest BCUT2D eigenvalue weighted by Crippen LogP contribution is 2.09. The maximum Gasteiger partial charge on any atom is 0.274 e. The van der Waals surface area contributed by atoms with E-state index < -0.39 is 0 Å². The Labute approximate surface area is 106 Å². The minimum Gasteiger partial charge on any atom is -0.326 e. The number of hydrogen-bond donors (Lipinski definition) is 2. The Morgan fingerprint density at radius 1 is 1.22 bits per heavy atom. The molecule has 0 aliphatic carbocycles. The van der Waals surface area contributed by atoms with Crippen molar-refractivity contribution in [3.05, 3.63) is 29.8 Å². The van der Waals surface area contributed by atoms with Crippen LogP contribution in [0.5, 0.6) is 0 Å². The zero-order valence-corrected chi connectivity index (χ0v) is 10.8. The summed E-state index contributed by atoms with van der Waals surface area (Å²) in [5.41, 5.74) is 3.50. The number of hydroxylamine groups is 1. The van der Waals surface area contributed by atoms with E-state index in [4.69, 9.17) is 4.84 Å². The summed E-state index contributed by atoms with van der Waals surface area (Å²) in [5, 5.41) is 2.63. The van der Waals surface area contributed by atoms with E-state index in [0.717, 1.165) is 0 Å². The normalized spacial score (nSPS) is 10.2. The fraction of sp³-hybridized carbons (Fsp3) is 0.385. The summed E-state index contributed by atoms with van der Waals surface area (Å²) in [5.74, 6) is -0.0927. The van der Waals surface area contributed by atoms with Crippen molar-refractivity contribution in [1.82, 2.24) is 5.48 Å². The summed E-state index contributed by atoms with van der Waals surface area (Å²) >= 11 is 0. The molecule has 2 N–H and O–H groups in total. The van der Waals surface area contributed by atoms with Gasteiger partial charge in [-0.3, -0.25) is 14.4 Å². The predicted octanol–water partition coefficient (Wildman–Crippen LogP) is 1.96. The Morgan fingerprint density at radius 2 is 1.83 bits per heavy atom. The zero-order valence-electron chi connectivity index (χ0n) is 10.8. The van der Waals surface area contributed by atoms with Crippen LogP contribution in [0.1, 0.15) is 31.1 Å². The molecule has 0 radical (unpaired) electrons. The summed E-state index contributed by atoms with van der Waals surface area (Å²) in [6, 6.07) is 6.58. The van der Waals surface area contributed by atoms with Crippen LogP contribution in [0.25, 0.3) is 0 Å². The van der Waals surface area contributed by atoms with Crippen molar-refractivity contribution < 1.29 is 14.4 Å². The van der Waals surface area contributed by atoms with Gasteiger partial charge < -0.3 is 5.32 Å². The van der Waals surface area contributed by atoms with Gasteiger partial charge in [-0.2, -0.15) is 0 Å². The molecule has 0 saturated heterocycles. The minimum absolute atomic E-state index is 0.146. The van der Waals surface area contributed by atoms with E-state index in [1.165, 1.54) is 6.92 Å². The Morgan fingerprint density at radius 3 is 2.33 bits per heavy atom. The molecule has 0 aromatic heterocycles. The third kappa shape index (κ3) is 4.97. The van der Waals surface area contributed by atoms with Crippen molar-refractivity contribution in [2.45, 2.75) is 20.8 Å². The molecular formula is C13H18N2O3. The second-order valence-electron chi connectivity index (χ2n) is 4.39. The van der Waals surface area contributed by atoms with Crippen LogP contribution < -0.4 is 10.8 Å². The highest BCUT2D eigenvalue weighted by atomic mass is 16.6. The lowest BCUT2D eigenvalue weighted by atomic mass is 10.2. The van der Waals surface area contributed by atoms with Crippen LogP contribution in [0.4, 0.5) is 5.69 Å². The maximum atomic E-state index is 11.6. The molecule has 0 saturated carbocycles. The molecule has 1 aromatic rings. The fourth-order valence-electron chi connectivity index (χ4n) is 1.24. The third-order valence-corrected chi connectivity index (χ3v) is 2.05. The van der Waals surface area contributed by atoms with Gasteiger partial charge in [-0.15, -0.1) is 0 Å². The largest absolute Gasteiger partial charge is 0.326 e. The van der Waals surface area contributed by atoms with E-state index in [0.29, 0.717) is 23.8 Å². The van der Waals surface area contributed by atoms with Crippen molar-refractivity contribution in [2.24, 2.45) is 5.92 Å². The van der Waals surface area contributed by atoms with Crippen LogP contribution in [-0.2, 0) is 9.63 Å². The summed E-state index contributed by atoms with van der Waals surface area (Å²) in [4.78, 5) is 27.5. The van der Waals surface area contributed by atoms with Crippen LogP contribution in [0.15, 0.2) is 24.3 Å². The second-order valence-corrected chi connectivity index (χ2v) is 4.39. The summed E-state index contributed by atoms with van der Waals surface area (Å²) in [6.07, 6.45) is 0. The van der Waals surface area contributed by atoms with Gasteiger partial charge in [0.05, 0.1) is 6.61 Å². The van der Waals surface area contributed by atoms with Gasteiger partial charge in [0.25, 0.3) is 5.91 Å². The standard InChI is InChI=1S/C13H18N2O3/c1-9(2)8-18-15-13(17)11-4-6-12(7-5-11)14-10(3)16/h4-7,9H,8H2,1-3H3,(H,14,16)(H,15,17). The Balaban J connectivity index is 2.51. The molecular weight excluding hydrogens is 232 g/mol. The first-order valence-corrected chi connectivity index (χ1v) is 5.79. The van der Waals surface area contributed by atoms with E-state index in [9.17, 15) is 9.59 Å². The van der Waals surface area contributed by atoms with Crippen molar-refractivity contribution in [3.63, 3.8) is 0 Å². The number of carbonyl (C=O) groups excluding carboxylic acids is 2. The number of carbonyl (C=O) groups is 2. The highest BCUT2D eigenvalue weighted by Gasteiger charge is 2.06. The molecule has 2 amide bonds. The average Bonchev–Trinajstić information content (AvgIpc) is 2.28. The summed E-state index contributed by atoms with van der Waals surface area (Å²) in [7, 11) is 0. The van der Waals surface area contributed by atoms with E-state index in [1.807, 2.05) is 13.8 Å². The van der Waals surface area contributed by atoms with Gasteiger partial charge in [-0.05, 0) is 30.2 Å². The number of anilines is 1. The summed E-state index contributed by atoms with van der Waals surface area (Å²) in [6.45, 7) is 5.89. The molecule has 0 aliphatic rings. The van der Waals surface area contributed by atoms with Crippen molar-refractivity contribution in [2.75, 3.05) is 11.9 Å². The maximum absolute atomic E-state index is 11.6. The lowest BCUT2D eigenvalue weighted by Gasteiger charge is -2.08. The molecule has 0 bridgehead atoms. The zero-order chi connectivity index (χ0) is 13.5. The van der Waals surface area contributed by atoms with Crippen molar-refractivity contribution in [1.29, 1.82) is 0 Å². The number of nitrogens with one attached hydrogen (secondary N) is 2. The van der Waals surface area contributed by atoms with Crippen molar-refractivity contribution >= 4 is 17.5 Å². The van der Waals surface area contributed by atoms with Crippen LogP contribution in [0, 0.1) is 5.92 Å². The molecule has 0 spiro atoms. The van der Waals surface area contributed by atoms with Gasteiger partial charge in [0.1, 0.15) is 0 Å². The Hall–Kier alpha value is -1.88. The predicted molar refractivity (Wildman–Crippen MR) is 69.0 cm³/mol. The molecule has 0 fully saturated rings. The lowest BCUT2D eigenvalue weighted by Crippen LogP contribution is -2.25. The molecule has 5 nitrogen and oxygen atoms in total. The molecule has 1 rings (SSSR count). The minimum atomic E-state index is -0.301. The Kier molecular flexibility index (Phi) is 5.32. The third-order valence-electron chi connectivity index (χ3n) is 2.05.